The quantitative estimate of drug-likeness (QED) is 0.128. The molecule has 0 bridgehead atoms. The molecule has 0 radical (unpaired) electrons. The van der Waals surface area contributed by atoms with E-state index in [9.17, 15) is 29.5 Å². The first-order chi connectivity index (χ1) is 18.0. The van der Waals surface area contributed by atoms with Gasteiger partial charge in [-0.1, -0.05) is 31.5 Å². The van der Waals surface area contributed by atoms with Gasteiger partial charge in [-0.3, -0.25) is 18.7 Å². The number of carboxylic acid groups (broad SMARTS) is 1. The molecule has 5 N–H and O–H groups in total. The number of carbonyl (C=O) groups is 1. The zero-order valence-corrected chi connectivity index (χ0v) is 22.1. The van der Waals surface area contributed by atoms with Crippen LogP contribution in [0.2, 0.25) is 0 Å². The number of benzene rings is 1. The Morgan fingerprint density at radius 2 is 2.03 bits per heavy atom. The minimum absolute atomic E-state index is 0.142. The molecule has 14 nitrogen and oxygen atoms in total. The number of unbranched alkanes of at least 4 members (excludes halogenated alkanes) is 1. The molecule has 0 amide bonds. The van der Waals surface area contributed by atoms with E-state index in [0.29, 0.717) is 6.61 Å². The number of carboxylic acids is 1. The molecule has 1 aromatic carbocycles. The Balaban J connectivity index is 1.74. The number of aliphatic hydroxyl groups is 2. The molecule has 0 aliphatic carbocycles. The van der Waals surface area contributed by atoms with Gasteiger partial charge in [-0.15, -0.1) is 0 Å². The molecular weight excluding hydrogens is 523 g/mol. The Morgan fingerprint density at radius 1 is 1.32 bits per heavy atom. The first kappa shape index (κ1) is 29.7. The van der Waals surface area contributed by atoms with Crippen LogP contribution in [-0.2, 0) is 23.5 Å². The Bertz CT molecular complexity index is 1180. The second-order valence-corrected chi connectivity index (χ2v) is 10.6. The van der Waals surface area contributed by atoms with Gasteiger partial charge in [-0.05, 0) is 38.5 Å². The highest BCUT2D eigenvalue weighted by atomic mass is 31.2. The maximum atomic E-state index is 13.4. The van der Waals surface area contributed by atoms with Gasteiger partial charge >= 0.3 is 19.4 Å². The fourth-order valence-corrected chi connectivity index (χ4v) is 5.05. The summed E-state index contributed by atoms with van der Waals surface area (Å²) < 4.78 is 31.0. The number of hydrogen-bond acceptors (Lipinski definition) is 11. The van der Waals surface area contributed by atoms with Crippen molar-refractivity contribution in [1.29, 1.82) is 0 Å². The Kier molecular flexibility index (Phi) is 10.0. The highest BCUT2D eigenvalue weighted by Gasteiger charge is 2.54. The number of para-hydroxylation sites is 1. The van der Waals surface area contributed by atoms with E-state index in [2.05, 4.69) is 15.6 Å². The maximum absolute atomic E-state index is 13.4. The molecule has 1 aliphatic heterocycles. The van der Waals surface area contributed by atoms with Gasteiger partial charge in [0, 0.05) is 6.20 Å². The number of ether oxygens (including phenoxy) is 1. The summed E-state index contributed by atoms with van der Waals surface area (Å²) in [7, 11) is -4.30. The predicted octanol–water partition coefficient (Wildman–Crippen LogP) is 1.66. The van der Waals surface area contributed by atoms with Crippen LogP contribution in [0, 0.1) is 0 Å². The van der Waals surface area contributed by atoms with Gasteiger partial charge in [0.2, 0.25) is 0 Å². The summed E-state index contributed by atoms with van der Waals surface area (Å²) in [5.74, 6) is -1.01. The van der Waals surface area contributed by atoms with Crippen LogP contribution in [0.3, 0.4) is 0 Å². The molecule has 2 heterocycles. The number of rotatable bonds is 14. The molecule has 0 spiro atoms. The monoisotopic (exact) mass is 556 g/mol. The molecule has 6 atom stereocenters. The van der Waals surface area contributed by atoms with E-state index in [-0.39, 0.29) is 11.6 Å². The van der Waals surface area contributed by atoms with Crippen LogP contribution in [0.25, 0.3) is 0 Å². The van der Waals surface area contributed by atoms with Gasteiger partial charge in [-0.2, -0.15) is 10.1 Å². The number of aromatic nitrogens is 2. The largest absolute Gasteiger partial charge is 0.480 e. The minimum atomic E-state index is -4.30. The predicted molar refractivity (Wildman–Crippen MR) is 134 cm³/mol. The second kappa shape index (κ2) is 12.8. The number of nitrogens with zero attached hydrogens (tertiary/aromatic N) is 2. The lowest BCUT2D eigenvalue weighted by atomic mass is 9.96. The van der Waals surface area contributed by atoms with Crippen LogP contribution in [-0.4, -0.2) is 67.9 Å². The fraction of sp³-hybridized carbons (Fsp3) is 0.522. The van der Waals surface area contributed by atoms with Crippen molar-refractivity contribution in [3.63, 3.8) is 0 Å². The lowest BCUT2D eigenvalue weighted by Gasteiger charge is -2.27. The summed E-state index contributed by atoms with van der Waals surface area (Å²) in [6.45, 7) is 4.36. The fourth-order valence-electron chi connectivity index (χ4n) is 3.54. The van der Waals surface area contributed by atoms with E-state index in [0.717, 1.165) is 17.4 Å². The molecule has 1 aromatic heterocycles. The lowest BCUT2D eigenvalue weighted by molar-refractivity contribution is -0.138. The minimum Gasteiger partial charge on any atom is -0.480 e. The molecule has 2 unspecified atom stereocenters. The summed E-state index contributed by atoms with van der Waals surface area (Å²) in [4.78, 5) is 33.0. The third-order valence-corrected chi connectivity index (χ3v) is 7.36. The molecule has 2 aromatic rings. The van der Waals surface area contributed by atoms with Gasteiger partial charge in [-0.25, -0.2) is 14.8 Å². The normalized spacial score (nSPS) is 25.4. The molecule has 1 saturated heterocycles. The molecular formula is C23H33N4O10P. The van der Waals surface area contributed by atoms with Crippen LogP contribution in [0.5, 0.6) is 5.75 Å². The zero-order valence-electron chi connectivity index (χ0n) is 21.2. The van der Waals surface area contributed by atoms with Gasteiger partial charge in [0.15, 0.2) is 12.0 Å². The SMILES string of the molecule is CCCCONc1ccn([C@@H]2O[C@H](COP(=O)(N[C@@H](C)C(=O)O)Oc3ccccc3)C(O)[C@@]2(C)O)c(=O)n1. The van der Waals surface area contributed by atoms with Crippen molar-refractivity contribution < 1.29 is 43.3 Å². The number of anilines is 1. The summed E-state index contributed by atoms with van der Waals surface area (Å²) in [6.07, 6.45) is -1.17. The first-order valence-corrected chi connectivity index (χ1v) is 13.5. The van der Waals surface area contributed by atoms with Crippen molar-refractivity contribution in [1.82, 2.24) is 14.6 Å². The van der Waals surface area contributed by atoms with Gasteiger partial charge in [0.1, 0.15) is 29.6 Å². The molecule has 15 heteroatoms. The Hall–Kier alpha value is -2.84. The van der Waals surface area contributed by atoms with Crippen molar-refractivity contribution in [3.05, 3.63) is 53.1 Å². The standard InChI is InChI=1S/C23H33N4O10P/c1-4-5-13-34-25-18-11-12-27(22(31)24-18)21-23(3,32)19(28)17(36-21)14-35-38(33,26-15(2)20(29)30)37-16-9-7-6-8-10-16/h6-12,15,17,19,21,28,32H,4-5,13-14H2,1-3H3,(H,26,33)(H,29,30)(H,24,25,31)/t15-,17+,19?,21+,23+,38?/m0/s1. The number of nitrogens with one attached hydrogen (secondary N) is 2. The molecule has 1 fully saturated rings. The van der Waals surface area contributed by atoms with E-state index in [1.54, 1.807) is 18.2 Å². The van der Waals surface area contributed by atoms with Crippen LogP contribution in [0.15, 0.2) is 47.4 Å². The number of hydrogen-bond donors (Lipinski definition) is 5. The number of aliphatic carboxylic acids is 1. The highest BCUT2D eigenvalue weighted by Crippen LogP contribution is 2.46. The van der Waals surface area contributed by atoms with Crippen molar-refractivity contribution in [2.24, 2.45) is 0 Å². The average molecular weight is 557 g/mol. The second-order valence-electron chi connectivity index (χ2n) is 8.89. The van der Waals surface area contributed by atoms with Crippen molar-refractivity contribution >= 4 is 19.5 Å². The van der Waals surface area contributed by atoms with E-state index in [4.69, 9.17) is 18.6 Å². The highest BCUT2D eigenvalue weighted by molar-refractivity contribution is 7.52. The molecule has 38 heavy (non-hydrogen) atoms. The van der Waals surface area contributed by atoms with Crippen molar-refractivity contribution in [3.8, 4) is 5.75 Å². The molecule has 210 valence electrons. The first-order valence-electron chi connectivity index (χ1n) is 12.0. The maximum Gasteiger partial charge on any atom is 0.459 e. The lowest BCUT2D eigenvalue weighted by Crippen LogP contribution is -2.46. The van der Waals surface area contributed by atoms with Gasteiger partial charge in [0.05, 0.1) is 13.2 Å². The third-order valence-electron chi connectivity index (χ3n) is 5.71. The van der Waals surface area contributed by atoms with Crippen molar-refractivity contribution in [2.45, 2.75) is 63.7 Å². The Morgan fingerprint density at radius 3 is 2.66 bits per heavy atom. The van der Waals surface area contributed by atoms with E-state index in [1.165, 1.54) is 38.2 Å². The van der Waals surface area contributed by atoms with Crippen LogP contribution in [0.4, 0.5) is 5.82 Å². The Labute approximate surface area is 219 Å². The summed E-state index contributed by atoms with van der Waals surface area (Å²) in [6, 6.07) is 8.07. The van der Waals surface area contributed by atoms with Crippen LogP contribution >= 0.6 is 7.75 Å². The molecule has 3 rings (SSSR count). The van der Waals surface area contributed by atoms with Gasteiger partial charge < -0.3 is 24.6 Å². The van der Waals surface area contributed by atoms with Gasteiger partial charge in [0.25, 0.3) is 0 Å². The topological polar surface area (TPSA) is 191 Å². The van der Waals surface area contributed by atoms with E-state index < -0.39 is 56.1 Å². The van der Waals surface area contributed by atoms with E-state index >= 15 is 0 Å². The number of aliphatic hydroxyl groups excluding tert-OH is 1. The van der Waals surface area contributed by atoms with Crippen LogP contribution in [0.1, 0.15) is 39.8 Å². The summed E-state index contributed by atoms with van der Waals surface area (Å²) in [5, 5.41) is 33.3. The van der Waals surface area contributed by atoms with E-state index in [1.807, 2.05) is 6.92 Å². The van der Waals surface area contributed by atoms with Crippen molar-refractivity contribution in [2.75, 3.05) is 18.7 Å². The van der Waals surface area contributed by atoms with Crippen LogP contribution < -0.4 is 20.8 Å². The molecule has 0 saturated carbocycles. The smallest absolute Gasteiger partial charge is 0.459 e. The summed E-state index contributed by atoms with van der Waals surface area (Å²) >= 11 is 0. The molecule has 1 aliphatic rings. The third kappa shape index (κ3) is 7.38. The summed E-state index contributed by atoms with van der Waals surface area (Å²) in [5.41, 5.74) is -0.197. The average Bonchev–Trinajstić information content (AvgIpc) is 3.09. The zero-order chi connectivity index (χ0) is 27.9.